The van der Waals surface area contributed by atoms with Gasteiger partial charge in [0.15, 0.2) is 0 Å². The fourth-order valence-corrected chi connectivity index (χ4v) is 2.74. The number of alkyl halides is 2. The Morgan fingerprint density at radius 2 is 1.84 bits per heavy atom. The summed E-state index contributed by atoms with van der Waals surface area (Å²) in [4.78, 5) is 23.7. The molecule has 2 amide bonds. The third-order valence-corrected chi connectivity index (χ3v) is 4.41. The number of nitrogens with one attached hydrogen (secondary N) is 3. The van der Waals surface area contributed by atoms with Crippen molar-refractivity contribution in [2.45, 2.75) is 44.2 Å². The summed E-state index contributed by atoms with van der Waals surface area (Å²) in [7, 11) is 0. The van der Waals surface area contributed by atoms with Crippen LogP contribution >= 0.6 is 12.4 Å². The van der Waals surface area contributed by atoms with Gasteiger partial charge in [0.25, 0.3) is 5.92 Å². The lowest BCUT2D eigenvalue weighted by Crippen LogP contribution is -2.41. The minimum Gasteiger partial charge on any atom is -0.348 e. The molecule has 1 aromatic rings. The highest BCUT2D eigenvalue weighted by Gasteiger charge is 2.42. The summed E-state index contributed by atoms with van der Waals surface area (Å²) in [6.07, 6.45) is 1.42. The largest absolute Gasteiger partial charge is 0.348 e. The number of hydrogen-bond donors (Lipinski definition) is 3. The first-order chi connectivity index (χ1) is 11.3. The summed E-state index contributed by atoms with van der Waals surface area (Å²) < 4.78 is 26.3. The number of amides is 2. The van der Waals surface area contributed by atoms with E-state index >= 15 is 0 Å². The van der Waals surface area contributed by atoms with Gasteiger partial charge >= 0.3 is 0 Å². The summed E-state index contributed by atoms with van der Waals surface area (Å²) in [5.41, 5.74) is 1.56. The second-order valence-corrected chi connectivity index (χ2v) is 6.61. The fourth-order valence-electron chi connectivity index (χ4n) is 2.74. The number of anilines is 1. The second kappa shape index (κ2) is 7.66. The molecule has 2 unspecified atom stereocenters. The predicted octanol–water partition coefficient (Wildman–Crippen LogP) is 2.63. The van der Waals surface area contributed by atoms with E-state index in [9.17, 15) is 18.4 Å². The maximum Gasteiger partial charge on any atom is 0.262 e. The standard InChI is InChI=1S/C17H21F2N3O2.ClH/c1-10(21-16(24)14-8-17(18,19)9-20-14)11-4-6-13(7-5-11)22-15(23)12-2-3-12;/h4-7,10,12,14,20H,2-3,8-9H2,1H3,(H,21,24)(H,22,23);1H. The van der Waals surface area contributed by atoms with Crippen LogP contribution in [0.4, 0.5) is 14.5 Å². The van der Waals surface area contributed by atoms with Gasteiger partial charge in [-0.25, -0.2) is 8.78 Å². The van der Waals surface area contributed by atoms with Crippen LogP contribution < -0.4 is 16.0 Å². The Bertz CT molecular complexity index is 635. The highest BCUT2D eigenvalue weighted by atomic mass is 35.5. The molecular weight excluding hydrogens is 352 g/mol. The second-order valence-electron chi connectivity index (χ2n) is 6.61. The average Bonchev–Trinajstić information content (AvgIpc) is 3.31. The van der Waals surface area contributed by atoms with Crippen LogP contribution in [0.15, 0.2) is 24.3 Å². The van der Waals surface area contributed by atoms with Gasteiger partial charge in [0.2, 0.25) is 11.8 Å². The first-order valence-electron chi connectivity index (χ1n) is 8.16. The van der Waals surface area contributed by atoms with Gasteiger partial charge in [-0.2, -0.15) is 0 Å². The van der Waals surface area contributed by atoms with Crippen molar-refractivity contribution >= 4 is 29.9 Å². The summed E-state index contributed by atoms with van der Waals surface area (Å²) in [5.74, 6) is -3.07. The Kier molecular flexibility index (Phi) is 6.00. The molecule has 0 radical (unpaired) electrons. The fraction of sp³-hybridized carbons (Fsp3) is 0.529. The first-order valence-corrected chi connectivity index (χ1v) is 8.16. The van der Waals surface area contributed by atoms with Gasteiger partial charge in [0.1, 0.15) is 0 Å². The van der Waals surface area contributed by atoms with Crippen molar-refractivity contribution in [2.24, 2.45) is 5.92 Å². The average molecular weight is 374 g/mol. The molecule has 25 heavy (non-hydrogen) atoms. The predicted molar refractivity (Wildman–Crippen MR) is 93.0 cm³/mol. The molecule has 1 aromatic carbocycles. The van der Waals surface area contributed by atoms with Crippen molar-refractivity contribution in [1.82, 2.24) is 10.6 Å². The summed E-state index contributed by atoms with van der Waals surface area (Å²) >= 11 is 0. The van der Waals surface area contributed by atoms with Crippen LogP contribution in [0, 0.1) is 5.92 Å². The molecule has 0 aromatic heterocycles. The quantitative estimate of drug-likeness (QED) is 0.743. The van der Waals surface area contributed by atoms with Gasteiger partial charge in [-0.15, -0.1) is 12.4 Å². The zero-order chi connectivity index (χ0) is 17.3. The van der Waals surface area contributed by atoms with E-state index in [0.29, 0.717) is 5.69 Å². The molecule has 8 heteroatoms. The molecule has 2 atom stereocenters. The van der Waals surface area contributed by atoms with Crippen LogP contribution in [0.3, 0.4) is 0 Å². The molecular formula is C17H22ClF2N3O2. The molecule has 1 saturated heterocycles. The van der Waals surface area contributed by atoms with E-state index in [4.69, 9.17) is 0 Å². The molecule has 1 heterocycles. The van der Waals surface area contributed by atoms with E-state index in [1.54, 1.807) is 19.1 Å². The van der Waals surface area contributed by atoms with Crippen molar-refractivity contribution in [3.05, 3.63) is 29.8 Å². The Hall–Kier alpha value is -1.73. The molecule has 1 aliphatic carbocycles. The van der Waals surface area contributed by atoms with Crippen molar-refractivity contribution in [3.63, 3.8) is 0 Å². The molecule has 1 saturated carbocycles. The van der Waals surface area contributed by atoms with Gasteiger partial charge in [0.05, 0.1) is 18.6 Å². The first kappa shape index (κ1) is 19.6. The maximum absolute atomic E-state index is 13.1. The van der Waals surface area contributed by atoms with Crippen molar-refractivity contribution in [1.29, 1.82) is 0 Å². The van der Waals surface area contributed by atoms with Gasteiger partial charge in [-0.1, -0.05) is 12.1 Å². The van der Waals surface area contributed by atoms with Crippen LogP contribution in [0.5, 0.6) is 0 Å². The molecule has 3 N–H and O–H groups in total. The Labute approximate surface area is 151 Å². The van der Waals surface area contributed by atoms with Crippen molar-refractivity contribution in [2.75, 3.05) is 11.9 Å². The summed E-state index contributed by atoms with van der Waals surface area (Å²) in [6.45, 7) is 1.33. The molecule has 3 rings (SSSR count). The smallest absolute Gasteiger partial charge is 0.262 e. The minimum absolute atomic E-state index is 0. The molecule has 2 aliphatic rings. The lowest BCUT2D eigenvalue weighted by atomic mass is 10.1. The highest BCUT2D eigenvalue weighted by Crippen LogP contribution is 2.30. The van der Waals surface area contributed by atoms with Crippen LogP contribution in [0.25, 0.3) is 0 Å². The number of carbonyl (C=O) groups is 2. The third-order valence-electron chi connectivity index (χ3n) is 4.41. The van der Waals surface area contributed by atoms with Crippen LogP contribution in [-0.2, 0) is 9.59 Å². The molecule has 2 fully saturated rings. The van der Waals surface area contributed by atoms with Gasteiger partial charge in [-0.05, 0) is 37.5 Å². The lowest BCUT2D eigenvalue weighted by molar-refractivity contribution is -0.124. The Balaban J connectivity index is 0.00000225. The number of benzene rings is 1. The van der Waals surface area contributed by atoms with Crippen LogP contribution in [-0.4, -0.2) is 30.3 Å². The minimum atomic E-state index is -2.83. The van der Waals surface area contributed by atoms with Gasteiger partial charge < -0.3 is 10.6 Å². The SMILES string of the molecule is CC(NC(=O)C1CC(F)(F)CN1)c1ccc(NC(=O)C2CC2)cc1.Cl. The number of hydrogen-bond acceptors (Lipinski definition) is 3. The van der Waals surface area contributed by atoms with E-state index in [1.807, 2.05) is 12.1 Å². The third kappa shape index (κ3) is 5.12. The monoisotopic (exact) mass is 373 g/mol. The zero-order valence-electron chi connectivity index (χ0n) is 13.9. The van der Waals surface area contributed by atoms with Crippen LogP contribution in [0.1, 0.15) is 37.8 Å². The molecule has 138 valence electrons. The van der Waals surface area contributed by atoms with E-state index in [-0.39, 0.29) is 30.3 Å². The van der Waals surface area contributed by atoms with Gasteiger partial charge in [-0.3, -0.25) is 14.9 Å². The highest BCUT2D eigenvalue weighted by molar-refractivity contribution is 5.94. The van der Waals surface area contributed by atoms with E-state index in [1.165, 1.54) is 0 Å². The van der Waals surface area contributed by atoms with Crippen molar-refractivity contribution < 1.29 is 18.4 Å². The zero-order valence-corrected chi connectivity index (χ0v) is 14.7. The van der Waals surface area contributed by atoms with Crippen molar-refractivity contribution in [3.8, 4) is 0 Å². The molecule has 0 spiro atoms. The van der Waals surface area contributed by atoms with E-state index in [0.717, 1.165) is 18.4 Å². The normalized spacial score (nSPS) is 22.6. The van der Waals surface area contributed by atoms with Crippen LogP contribution in [0.2, 0.25) is 0 Å². The van der Waals surface area contributed by atoms with E-state index in [2.05, 4.69) is 16.0 Å². The van der Waals surface area contributed by atoms with E-state index < -0.39 is 30.8 Å². The Morgan fingerprint density at radius 3 is 2.36 bits per heavy atom. The Morgan fingerprint density at radius 1 is 1.20 bits per heavy atom. The molecule has 1 aliphatic heterocycles. The summed E-state index contributed by atoms with van der Waals surface area (Å²) in [6, 6.07) is 6.01. The van der Waals surface area contributed by atoms with Gasteiger partial charge in [0, 0.05) is 18.0 Å². The topological polar surface area (TPSA) is 70.2 Å². The number of halogens is 3. The lowest BCUT2D eigenvalue weighted by Gasteiger charge is -2.18. The summed E-state index contributed by atoms with van der Waals surface area (Å²) in [5, 5.41) is 8.13. The number of rotatable bonds is 5. The number of carbonyl (C=O) groups excluding carboxylic acids is 2. The molecule has 5 nitrogen and oxygen atoms in total. The maximum atomic E-state index is 13.1. The molecule has 0 bridgehead atoms.